The number of nitrogens with one attached hydrogen (secondary N) is 1. The topological polar surface area (TPSA) is 108 Å². The van der Waals surface area contributed by atoms with Gasteiger partial charge in [-0.05, 0) is 18.1 Å². The minimum absolute atomic E-state index is 0.0274. The molecule has 21 heavy (non-hydrogen) atoms. The third-order valence-corrected chi connectivity index (χ3v) is 3.60. The summed E-state index contributed by atoms with van der Waals surface area (Å²) < 4.78 is 33.3. The molecule has 0 atom stereocenters. The molecule has 0 aliphatic rings. The summed E-state index contributed by atoms with van der Waals surface area (Å²) in [7, 11) is -1.41. The molecule has 1 amide bonds. The first kappa shape index (κ1) is 17.3. The van der Waals surface area contributed by atoms with E-state index in [1.807, 2.05) is 13.8 Å². The Kier molecular flexibility index (Phi) is 5.56. The van der Waals surface area contributed by atoms with E-state index in [4.69, 9.17) is 14.6 Å². The number of sulfonamides is 1. The van der Waals surface area contributed by atoms with E-state index in [1.54, 1.807) is 0 Å². The van der Waals surface area contributed by atoms with Crippen molar-refractivity contribution in [2.75, 3.05) is 20.8 Å². The zero-order valence-electron chi connectivity index (χ0n) is 12.5. The average Bonchev–Trinajstić information content (AvgIpc) is 2.41. The third kappa shape index (κ3) is 4.33. The van der Waals surface area contributed by atoms with Crippen LogP contribution < -0.4 is 19.9 Å². The van der Waals surface area contributed by atoms with Crippen molar-refractivity contribution in [2.45, 2.75) is 18.7 Å². The second-order valence-electron chi connectivity index (χ2n) is 4.86. The number of carbonyl (C=O) groups is 1. The van der Waals surface area contributed by atoms with Crippen molar-refractivity contribution in [3.8, 4) is 11.5 Å². The summed E-state index contributed by atoms with van der Waals surface area (Å²) in [4.78, 5) is 11.8. The molecule has 0 aromatic heterocycles. The zero-order chi connectivity index (χ0) is 16.2. The lowest BCUT2D eigenvalue weighted by atomic mass is 10.1. The largest absolute Gasteiger partial charge is 0.493 e. The summed E-state index contributed by atoms with van der Waals surface area (Å²) in [5.74, 6) is -0.0412. The van der Waals surface area contributed by atoms with Gasteiger partial charge in [-0.1, -0.05) is 13.8 Å². The molecule has 0 unspecified atom stereocenters. The summed E-state index contributed by atoms with van der Waals surface area (Å²) in [6.45, 7) is 4.37. The SMILES string of the molecule is COc1cc(C(=O)NCC(C)C)cc(S(N)(=O)=O)c1OC. The van der Waals surface area contributed by atoms with Gasteiger partial charge in [0, 0.05) is 12.1 Å². The molecule has 0 aliphatic heterocycles. The minimum Gasteiger partial charge on any atom is -0.493 e. The Hall–Kier alpha value is -1.80. The smallest absolute Gasteiger partial charge is 0.251 e. The normalized spacial score (nSPS) is 11.3. The average molecular weight is 316 g/mol. The minimum atomic E-state index is -4.05. The summed E-state index contributed by atoms with van der Waals surface area (Å²) >= 11 is 0. The van der Waals surface area contributed by atoms with Gasteiger partial charge in [0.2, 0.25) is 10.0 Å². The lowest BCUT2D eigenvalue weighted by molar-refractivity contribution is 0.0948. The van der Waals surface area contributed by atoms with Crippen LogP contribution in [0, 0.1) is 5.92 Å². The van der Waals surface area contributed by atoms with Crippen molar-refractivity contribution < 1.29 is 22.7 Å². The number of methoxy groups -OCH3 is 2. The highest BCUT2D eigenvalue weighted by atomic mass is 32.2. The molecule has 0 saturated heterocycles. The molecule has 0 heterocycles. The lowest BCUT2D eigenvalue weighted by Gasteiger charge is -2.14. The number of carbonyl (C=O) groups excluding carboxylic acids is 1. The van der Waals surface area contributed by atoms with Crippen molar-refractivity contribution >= 4 is 15.9 Å². The van der Waals surface area contributed by atoms with Gasteiger partial charge in [-0.15, -0.1) is 0 Å². The van der Waals surface area contributed by atoms with Gasteiger partial charge in [0.05, 0.1) is 14.2 Å². The molecule has 0 radical (unpaired) electrons. The van der Waals surface area contributed by atoms with Gasteiger partial charge < -0.3 is 14.8 Å². The highest BCUT2D eigenvalue weighted by Crippen LogP contribution is 2.34. The quantitative estimate of drug-likeness (QED) is 0.804. The Balaban J connectivity index is 3.33. The van der Waals surface area contributed by atoms with Crippen LogP contribution in [-0.4, -0.2) is 35.1 Å². The van der Waals surface area contributed by atoms with Crippen LogP contribution in [0.2, 0.25) is 0 Å². The van der Waals surface area contributed by atoms with Crippen LogP contribution in [0.15, 0.2) is 17.0 Å². The van der Waals surface area contributed by atoms with E-state index >= 15 is 0 Å². The predicted octanol–water partition coefficient (Wildman–Crippen LogP) is 0.737. The first-order valence-corrected chi connectivity index (χ1v) is 7.82. The maximum atomic E-state index is 12.1. The van der Waals surface area contributed by atoms with E-state index in [-0.39, 0.29) is 27.9 Å². The molecule has 1 aromatic carbocycles. The number of hydrogen-bond donors (Lipinski definition) is 2. The molecule has 0 fully saturated rings. The van der Waals surface area contributed by atoms with Crippen molar-refractivity contribution in [1.29, 1.82) is 0 Å². The molecular weight excluding hydrogens is 296 g/mol. The Labute approximate surface area is 124 Å². The first-order valence-electron chi connectivity index (χ1n) is 6.27. The third-order valence-electron chi connectivity index (χ3n) is 2.68. The molecule has 0 spiro atoms. The number of hydrogen-bond acceptors (Lipinski definition) is 5. The number of benzene rings is 1. The molecule has 1 aromatic rings. The standard InChI is InChI=1S/C13H20N2O5S/c1-8(2)7-15-13(16)9-5-10(19-3)12(20-4)11(6-9)21(14,17)18/h5-6,8H,7H2,1-4H3,(H,15,16)(H2,14,17,18). The van der Waals surface area contributed by atoms with Crippen LogP contribution in [-0.2, 0) is 10.0 Å². The highest BCUT2D eigenvalue weighted by molar-refractivity contribution is 7.89. The summed E-state index contributed by atoms with van der Waals surface area (Å²) in [6, 6.07) is 2.58. The van der Waals surface area contributed by atoms with Crippen LogP contribution in [0.5, 0.6) is 11.5 Å². The summed E-state index contributed by atoms with van der Waals surface area (Å²) in [5, 5.41) is 7.85. The fraction of sp³-hybridized carbons (Fsp3) is 0.462. The fourth-order valence-corrected chi connectivity index (χ4v) is 2.40. The van der Waals surface area contributed by atoms with Crippen molar-refractivity contribution in [3.63, 3.8) is 0 Å². The number of rotatable bonds is 6. The summed E-state index contributed by atoms with van der Waals surface area (Å²) in [5.41, 5.74) is 0.136. The molecule has 1 rings (SSSR count). The molecule has 7 nitrogen and oxygen atoms in total. The Bertz CT molecular complexity index is 626. The van der Waals surface area contributed by atoms with Crippen LogP contribution in [0.1, 0.15) is 24.2 Å². The molecule has 0 saturated carbocycles. The van der Waals surface area contributed by atoms with Crippen molar-refractivity contribution in [3.05, 3.63) is 17.7 Å². The van der Waals surface area contributed by atoms with Crippen LogP contribution in [0.4, 0.5) is 0 Å². The molecule has 0 bridgehead atoms. The Morgan fingerprint density at radius 3 is 2.33 bits per heavy atom. The molecule has 0 aliphatic carbocycles. The maximum absolute atomic E-state index is 12.1. The van der Waals surface area contributed by atoms with Gasteiger partial charge in [0.1, 0.15) is 4.90 Å². The molecule has 8 heteroatoms. The van der Waals surface area contributed by atoms with Gasteiger partial charge in [0.25, 0.3) is 5.91 Å². The van der Waals surface area contributed by atoms with Gasteiger partial charge in [-0.2, -0.15) is 0 Å². The van der Waals surface area contributed by atoms with Gasteiger partial charge in [-0.25, -0.2) is 13.6 Å². The van der Waals surface area contributed by atoms with E-state index in [2.05, 4.69) is 5.32 Å². The number of ether oxygens (including phenoxy) is 2. The Morgan fingerprint density at radius 2 is 1.90 bits per heavy atom. The highest BCUT2D eigenvalue weighted by Gasteiger charge is 2.22. The van der Waals surface area contributed by atoms with E-state index in [9.17, 15) is 13.2 Å². The zero-order valence-corrected chi connectivity index (χ0v) is 13.3. The molecule has 3 N–H and O–H groups in total. The maximum Gasteiger partial charge on any atom is 0.251 e. The van der Waals surface area contributed by atoms with Crippen LogP contribution in [0.25, 0.3) is 0 Å². The fourth-order valence-electron chi connectivity index (χ4n) is 1.67. The van der Waals surface area contributed by atoms with E-state index in [0.717, 1.165) is 0 Å². The number of amides is 1. The van der Waals surface area contributed by atoms with Gasteiger partial charge in [-0.3, -0.25) is 4.79 Å². The second kappa shape index (κ2) is 6.77. The first-order chi connectivity index (χ1) is 9.70. The van der Waals surface area contributed by atoms with Gasteiger partial charge >= 0.3 is 0 Å². The number of primary sulfonamides is 1. The Morgan fingerprint density at radius 1 is 1.29 bits per heavy atom. The van der Waals surface area contributed by atoms with Gasteiger partial charge in [0.15, 0.2) is 11.5 Å². The van der Waals surface area contributed by atoms with Crippen molar-refractivity contribution in [2.24, 2.45) is 11.1 Å². The number of nitrogens with two attached hydrogens (primary N) is 1. The van der Waals surface area contributed by atoms with E-state index in [0.29, 0.717) is 6.54 Å². The molecule has 118 valence electrons. The van der Waals surface area contributed by atoms with Crippen LogP contribution >= 0.6 is 0 Å². The monoisotopic (exact) mass is 316 g/mol. The van der Waals surface area contributed by atoms with E-state index in [1.165, 1.54) is 26.4 Å². The van der Waals surface area contributed by atoms with E-state index < -0.39 is 15.9 Å². The molecular formula is C13H20N2O5S. The van der Waals surface area contributed by atoms with Crippen molar-refractivity contribution in [1.82, 2.24) is 5.32 Å². The summed E-state index contributed by atoms with van der Waals surface area (Å²) in [6.07, 6.45) is 0. The van der Waals surface area contributed by atoms with Crippen LogP contribution in [0.3, 0.4) is 0 Å². The second-order valence-corrected chi connectivity index (χ2v) is 6.39. The lowest BCUT2D eigenvalue weighted by Crippen LogP contribution is -2.27. The predicted molar refractivity (Wildman–Crippen MR) is 78.1 cm³/mol.